The molecule has 0 saturated carbocycles. The zero-order valence-electron chi connectivity index (χ0n) is 12.2. The Balaban J connectivity index is 2.08. The first-order valence-corrected chi connectivity index (χ1v) is 7.09. The topological polar surface area (TPSA) is 91.6 Å². The van der Waals surface area contributed by atoms with Gasteiger partial charge in [-0.1, -0.05) is 17.7 Å². The van der Waals surface area contributed by atoms with Crippen LogP contribution in [0, 0.1) is 10.1 Å². The third-order valence-electron chi connectivity index (χ3n) is 2.79. The first-order chi connectivity index (χ1) is 11.0. The van der Waals surface area contributed by atoms with Gasteiger partial charge in [-0.25, -0.2) is 0 Å². The summed E-state index contributed by atoms with van der Waals surface area (Å²) in [6, 6.07) is 7.56. The lowest BCUT2D eigenvalue weighted by atomic mass is 10.1. The van der Waals surface area contributed by atoms with Crippen molar-refractivity contribution >= 4 is 23.4 Å². The van der Waals surface area contributed by atoms with Crippen molar-refractivity contribution in [1.29, 1.82) is 0 Å². The zero-order chi connectivity index (χ0) is 16.8. The van der Waals surface area contributed by atoms with Crippen LogP contribution in [0.2, 0.25) is 5.02 Å². The smallest absolute Gasteiger partial charge is 0.363 e. The molecule has 0 radical (unpaired) electrons. The van der Waals surface area contributed by atoms with Gasteiger partial charge in [0.05, 0.1) is 18.1 Å². The van der Waals surface area contributed by atoms with E-state index in [2.05, 4.69) is 4.98 Å². The van der Waals surface area contributed by atoms with Crippen LogP contribution >= 0.6 is 11.6 Å². The van der Waals surface area contributed by atoms with Crippen LogP contribution in [0.1, 0.15) is 12.5 Å². The van der Waals surface area contributed by atoms with Crippen LogP contribution in [-0.2, 0) is 16.0 Å². The maximum atomic E-state index is 11.4. The summed E-state index contributed by atoms with van der Waals surface area (Å²) in [5.41, 5.74) is 0.697. The molecule has 0 saturated heterocycles. The molecule has 23 heavy (non-hydrogen) atoms. The van der Waals surface area contributed by atoms with Gasteiger partial charge in [0.15, 0.2) is 11.9 Å². The van der Waals surface area contributed by atoms with Crippen molar-refractivity contribution in [3.63, 3.8) is 0 Å². The predicted molar refractivity (Wildman–Crippen MR) is 82.8 cm³/mol. The summed E-state index contributed by atoms with van der Waals surface area (Å²) in [5.74, 6) is 0.0654. The fourth-order valence-electron chi connectivity index (χ4n) is 1.78. The standard InChI is InChI=1S/C15H13ClN2O5/c1-2-22-15(19)8-10-3-5-13(12(16)7-10)23-11-4-6-14(17-9-11)18(20)21/h3-7,9H,2,8H2,1H3. The van der Waals surface area contributed by atoms with E-state index < -0.39 is 4.92 Å². The molecule has 2 rings (SSSR count). The SMILES string of the molecule is CCOC(=O)Cc1ccc(Oc2ccc([N+](=O)[O-])nc2)c(Cl)c1. The summed E-state index contributed by atoms with van der Waals surface area (Å²) in [6.45, 7) is 2.06. The maximum absolute atomic E-state index is 11.4. The van der Waals surface area contributed by atoms with Crippen molar-refractivity contribution < 1.29 is 19.2 Å². The summed E-state index contributed by atoms with van der Waals surface area (Å²) in [6.07, 6.45) is 1.36. The molecule has 0 unspecified atom stereocenters. The number of nitrogens with zero attached hydrogens (tertiary/aromatic N) is 2. The second-order valence-electron chi connectivity index (χ2n) is 4.46. The molecule has 0 amide bonds. The van der Waals surface area contributed by atoms with Crippen LogP contribution in [-0.4, -0.2) is 22.5 Å². The summed E-state index contributed by atoms with van der Waals surface area (Å²) in [4.78, 5) is 25.0. The Kier molecular flexibility index (Phi) is 5.48. The molecule has 1 heterocycles. The third-order valence-corrected chi connectivity index (χ3v) is 3.08. The average molecular weight is 337 g/mol. The minimum atomic E-state index is -0.596. The summed E-state index contributed by atoms with van der Waals surface area (Å²) < 4.78 is 10.4. The Hall–Kier alpha value is -2.67. The highest BCUT2D eigenvalue weighted by Crippen LogP contribution is 2.30. The summed E-state index contributed by atoms with van der Waals surface area (Å²) in [5, 5.41) is 10.9. The van der Waals surface area contributed by atoms with E-state index in [0.717, 1.165) is 0 Å². The number of esters is 1. The van der Waals surface area contributed by atoms with E-state index in [0.29, 0.717) is 28.7 Å². The van der Waals surface area contributed by atoms with Crippen molar-refractivity contribution in [2.45, 2.75) is 13.3 Å². The molecule has 2 aromatic rings. The minimum Gasteiger partial charge on any atom is -0.466 e. The van der Waals surface area contributed by atoms with Gasteiger partial charge in [-0.15, -0.1) is 0 Å². The highest BCUT2D eigenvalue weighted by atomic mass is 35.5. The molecule has 8 heteroatoms. The predicted octanol–water partition coefficient (Wildman–Crippen LogP) is 3.54. The molecular weight excluding hydrogens is 324 g/mol. The van der Waals surface area contributed by atoms with Gasteiger partial charge in [-0.05, 0) is 40.6 Å². The number of carbonyl (C=O) groups excluding carboxylic acids is 1. The van der Waals surface area contributed by atoms with Gasteiger partial charge in [0, 0.05) is 6.07 Å². The van der Waals surface area contributed by atoms with Crippen LogP contribution in [0.3, 0.4) is 0 Å². The molecule has 0 spiro atoms. The number of halogens is 1. The van der Waals surface area contributed by atoms with Crippen molar-refractivity contribution in [2.24, 2.45) is 0 Å². The normalized spacial score (nSPS) is 10.2. The fraction of sp³-hybridized carbons (Fsp3) is 0.200. The molecule has 0 aliphatic rings. The molecule has 120 valence electrons. The van der Waals surface area contributed by atoms with E-state index in [1.165, 1.54) is 18.3 Å². The second-order valence-corrected chi connectivity index (χ2v) is 4.87. The first-order valence-electron chi connectivity index (χ1n) is 6.72. The Morgan fingerprint density at radius 2 is 2.13 bits per heavy atom. The van der Waals surface area contributed by atoms with Crippen LogP contribution in [0.5, 0.6) is 11.5 Å². The lowest BCUT2D eigenvalue weighted by Gasteiger charge is -2.08. The maximum Gasteiger partial charge on any atom is 0.363 e. The quantitative estimate of drug-likeness (QED) is 0.455. The summed E-state index contributed by atoms with van der Waals surface area (Å²) in [7, 11) is 0. The van der Waals surface area contributed by atoms with Gasteiger partial charge < -0.3 is 19.6 Å². The van der Waals surface area contributed by atoms with Crippen molar-refractivity contribution in [3.8, 4) is 11.5 Å². The molecule has 0 atom stereocenters. The average Bonchev–Trinajstić information content (AvgIpc) is 2.51. The number of hydrogen-bond donors (Lipinski definition) is 0. The number of hydrogen-bond acceptors (Lipinski definition) is 6. The zero-order valence-corrected chi connectivity index (χ0v) is 12.9. The number of aromatic nitrogens is 1. The molecule has 0 fully saturated rings. The van der Waals surface area contributed by atoms with E-state index in [4.69, 9.17) is 21.1 Å². The molecule has 0 bridgehead atoms. The lowest BCUT2D eigenvalue weighted by molar-refractivity contribution is -0.389. The van der Waals surface area contributed by atoms with E-state index in [9.17, 15) is 14.9 Å². The van der Waals surface area contributed by atoms with Gasteiger partial charge in [-0.3, -0.25) is 4.79 Å². The monoisotopic (exact) mass is 336 g/mol. The molecular formula is C15H13ClN2O5. The molecule has 1 aromatic heterocycles. The number of nitro groups is 1. The first kappa shape index (κ1) is 16.7. The lowest BCUT2D eigenvalue weighted by Crippen LogP contribution is -2.07. The van der Waals surface area contributed by atoms with Gasteiger partial charge >= 0.3 is 11.8 Å². The van der Waals surface area contributed by atoms with Crippen molar-refractivity contribution in [1.82, 2.24) is 4.98 Å². The van der Waals surface area contributed by atoms with E-state index >= 15 is 0 Å². The highest BCUT2D eigenvalue weighted by molar-refractivity contribution is 6.32. The number of ether oxygens (including phenoxy) is 2. The molecule has 7 nitrogen and oxygen atoms in total. The summed E-state index contributed by atoms with van der Waals surface area (Å²) >= 11 is 6.12. The molecule has 0 aliphatic heterocycles. The Morgan fingerprint density at radius 3 is 2.70 bits per heavy atom. The van der Waals surface area contributed by atoms with Crippen LogP contribution in [0.4, 0.5) is 5.82 Å². The van der Waals surface area contributed by atoms with Gasteiger partial charge in [-0.2, -0.15) is 0 Å². The van der Waals surface area contributed by atoms with Gasteiger partial charge in [0.25, 0.3) is 0 Å². The van der Waals surface area contributed by atoms with E-state index in [1.54, 1.807) is 25.1 Å². The minimum absolute atomic E-state index is 0.118. The molecule has 0 aliphatic carbocycles. The van der Waals surface area contributed by atoms with Gasteiger partial charge in [0.2, 0.25) is 0 Å². The Morgan fingerprint density at radius 1 is 1.35 bits per heavy atom. The number of pyridine rings is 1. The fourth-order valence-corrected chi connectivity index (χ4v) is 2.03. The molecule has 0 N–H and O–H groups in total. The number of rotatable bonds is 6. The Bertz CT molecular complexity index is 718. The second kappa shape index (κ2) is 7.55. The highest BCUT2D eigenvalue weighted by Gasteiger charge is 2.11. The largest absolute Gasteiger partial charge is 0.466 e. The van der Waals surface area contributed by atoms with Crippen molar-refractivity contribution in [3.05, 3.63) is 57.2 Å². The van der Waals surface area contributed by atoms with E-state index in [1.807, 2.05) is 0 Å². The molecule has 1 aromatic carbocycles. The van der Waals surface area contributed by atoms with Crippen LogP contribution < -0.4 is 4.74 Å². The van der Waals surface area contributed by atoms with Crippen LogP contribution in [0.15, 0.2) is 36.5 Å². The number of benzene rings is 1. The third kappa shape index (κ3) is 4.65. The number of carbonyl (C=O) groups is 1. The Labute approximate surface area is 137 Å². The van der Waals surface area contributed by atoms with E-state index in [-0.39, 0.29) is 18.2 Å². The van der Waals surface area contributed by atoms with Gasteiger partial charge in [0.1, 0.15) is 5.75 Å². The van der Waals surface area contributed by atoms with Crippen LogP contribution in [0.25, 0.3) is 0 Å². The van der Waals surface area contributed by atoms with Crippen molar-refractivity contribution in [2.75, 3.05) is 6.61 Å².